The molecule has 0 radical (unpaired) electrons. The van der Waals surface area contributed by atoms with Crippen molar-refractivity contribution in [3.8, 4) is 0 Å². The number of hydrogen-bond acceptors (Lipinski definition) is 4. The molecule has 0 saturated carbocycles. The summed E-state index contributed by atoms with van der Waals surface area (Å²) in [7, 11) is 0. The van der Waals surface area contributed by atoms with Crippen LogP contribution in [0.4, 0.5) is 0 Å². The number of amides is 1. The third-order valence-corrected chi connectivity index (χ3v) is 2.93. The van der Waals surface area contributed by atoms with Crippen LogP contribution < -0.4 is 11.1 Å². The van der Waals surface area contributed by atoms with Crippen LogP contribution in [0.25, 0.3) is 0 Å². The van der Waals surface area contributed by atoms with Crippen molar-refractivity contribution in [2.45, 2.75) is 38.4 Å². The van der Waals surface area contributed by atoms with Crippen molar-refractivity contribution in [2.24, 2.45) is 5.73 Å². The SMILES string of the molecule is C=CCN(CC=C)C(CC)NC(CCC(N)=O)C(=O)O. The first kappa shape index (κ1) is 18.3. The summed E-state index contributed by atoms with van der Waals surface area (Å²) in [6.45, 7) is 10.6. The van der Waals surface area contributed by atoms with E-state index in [1.54, 1.807) is 12.2 Å². The van der Waals surface area contributed by atoms with Gasteiger partial charge in [0, 0.05) is 19.5 Å². The van der Waals surface area contributed by atoms with Crippen molar-refractivity contribution in [1.82, 2.24) is 10.2 Å². The minimum Gasteiger partial charge on any atom is -0.480 e. The zero-order valence-corrected chi connectivity index (χ0v) is 12.0. The molecule has 6 heteroatoms. The number of rotatable bonds is 12. The molecular formula is C14H25N3O3. The molecule has 0 saturated heterocycles. The first-order chi connectivity index (χ1) is 9.46. The predicted molar refractivity (Wildman–Crippen MR) is 79.0 cm³/mol. The van der Waals surface area contributed by atoms with Gasteiger partial charge in [-0.05, 0) is 12.8 Å². The summed E-state index contributed by atoms with van der Waals surface area (Å²) in [5, 5.41) is 12.3. The molecule has 0 fully saturated rings. The molecule has 1 amide bonds. The highest BCUT2D eigenvalue weighted by molar-refractivity contribution is 5.77. The van der Waals surface area contributed by atoms with Gasteiger partial charge < -0.3 is 10.8 Å². The Morgan fingerprint density at radius 2 is 1.90 bits per heavy atom. The van der Waals surface area contributed by atoms with Gasteiger partial charge in [-0.1, -0.05) is 19.1 Å². The van der Waals surface area contributed by atoms with Gasteiger partial charge in [-0.25, -0.2) is 0 Å². The Bertz CT molecular complexity index is 335. The molecule has 0 aromatic carbocycles. The van der Waals surface area contributed by atoms with Gasteiger partial charge in [0.1, 0.15) is 6.04 Å². The highest BCUT2D eigenvalue weighted by Crippen LogP contribution is 2.06. The van der Waals surface area contributed by atoms with Crippen LogP contribution in [0, 0.1) is 0 Å². The summed E-state index contributed by atoms with van der Waals surface area (Å²) in [6, 6.07) is -0.801. The topological polar surface area (TPSA) is 95.7 Å². The molecule has 0 spiro atoms. The van der Waals surface area contributed by atoms with E-state index in [1.165, 1.54) is 0 Å². The van der Waals surface area contributed by atoms with Crippen LogP contribution in [0.1, 0.15) is 26.2 Å². The number of aliphatic carboxylic acids is 1. The number of primary amides is 1. The van der Waals surface area contributed by atoms with E-state index in [4.69, 9.17) is 5.73 Å². The van der Waals surface area contributed by atoms with Crippen molar-refractivity contribution in [1.29, 1.82) is 0 Å². The maximum absolute atomic E-state index is 11.2. The molecule has 20 heavy (non-hydrogen) atoms. The average molecular weight is 283 g/mol. The first-order valence-electron chi connectivity index (χ1n) is 6.69. The molecular weight excluding hydrogens is 258 g/mol. The summed E-state index contributed by atoms with van der Waals surface area (Å²) in [4.78, 5) is 24.0. The van der Waals surface area contributed by atoms with Crippen molar-refractivity contribution in [3.63, 3.8) is 0 Å². The number of nitrogens with zero attached hydrogens (tertiary/aromatic N) is 1. The number of hydrogen-bond donors (Lipinski definition) is 3. The first-order valence-corrected chi connectivity index (χ1v) is 6.69. The Morgan fingerprint density at radius 1 is 1.35 bits per heavy atom. The number of carbonyl (C=O) groups excluding carboxylic acids is 1. The number of carboxylic acid groups (broad SMARTS) is 1. The van der Waals surface area contributed by atoms with Gasteiger partial charge in [-0.2, -0.15) is 0 Å². The van der Waals surface area contributed by atoms with E-state index in [-0.39, 0.29) is 19.0 Å². The van der Waals surface area contributed by atoms with Crippen molar-refractivity contribution >= 4 is 11.9 Å². The lowest BCUT2D eigenvalue weighted by Crippen LogP contribution is -2.52. The zero-order chi connectivity index (χ0) is 15.5. The van der Waals surface area contributed by atoms with Gasteiger partial charge in [0.15, 0.2) is 0 Å². The molecule has 114 valence electrons. The summed E-state index contributed by atoms with van der Waals surface area (Å²) >= 11 is 0. The minimum absolute atomic E-state index is 0.0450. The van der Waals surface area contributed by atoms with Gasteiger partial charge in [0.25, 0.3) is 0 Å². The lowest BCUT2D eigenvalue weighted by molar-refractivity contribution is -0.140. The zero-order valence-electron chi connectivity index (χ0n) is 12.0. The largest absolute Gasteiger partial charge is 0.480 e. The Hall–Kier alpha value is -1.66. The van der Waals surface area contributed by atoms with E-state index in [1.807, 2.05) is 11.8 Å². The molecule has 0 aromatic rings. The second-order valence-corrected chi connectivity index (χ2v) is 4.52. The molecule has 6 nitrogen and oxygen atoms in total. The second-order valence-electron chi connectivity index (χ2n) is 4.52. The van der Waals surface area contributed by atoms with Crippen LogP contribution in [0.2, 0.25) is 0 Å². The normalized spacial score (nSPS) is 13.7. The van der Waals surface area contributed by atoms with E-state index in [2.05, 4.69) is 18.5 Å². The Labute approximate surface area is 120 Å². The average Bonchev–Trinajstić information content (AvgIpc) is 2.38. The quantitative estimate of drug-likeness (QED) is 0.362. The monoisotopic (exact) mass is 283 g/mol. The van der Waals surface area contributed by atoms with E-state index in [0.29, 0.717) is 13.1 Å². The standard InChI is InChI=1S/C14H25N3O3/c1-4-9-17(10-5-2)13(6-3)16-11(14(19)20)7-8-12(15)18/h4-5,11,13,16H,1-2,6-10H2,3H3,(H2,15,18)(H,19,20). The number of carboxylic acids is 1. The van der Waals surface area contributed by atoms with E-state index < -0.39 is 17.9 Å². The summed E-state index contributed by atoms with van der Waals surface area (Å²) in [5.74, 6) is -1.48. The number of nitrogens with two attached hydrogens (primary N) is 1. The lowest BCUT2D eigenvalue weighted by Gasteiger charge is -2.32. The van der Waals surface area contributed by atoms with Crippen molar-refractivity contribution in [3.05, 3.63) is 25.3 Å². The van der Waals surface area contributed by atoms with Crippen molar-refractivity contribution in [2.75, 3.05) is 13.1 Å². The molecule has 0 bridgehead atoms. The summed E-state index contributed by atoms with van der Waals surface area (Å²) in [5.41, 5.74) is 5.06. The minimum atomic E-state index is -0.984. The fourth-order valence-corrected chi connectivity index (χ4v) is 1.94. The van der Waals surface area contributed by atoms with Crippen LogP contribution >= 0.6 is 0 Å². The number of carbonyl (C=O) groups is 2. The third kappa shape index (κ3) is 7.06. The van der Waals surface area contributed by atoms with E-state index in [9.17, 15) is 14.7 Å². The molecule has 0 aromatic heterocycles. The molecule has 2 atom stereocenters. The Morgan fingerprint density at radius 3 is 2.25 bits per heavy atom. The highest BCUT2D eigenvalue weighted by Gasteiger charge is 2.24. The van der Waals surface area contributed by atoms with Crippen LogP contribution in [0.5, 0.6) is 0 Å². The van der Waals surface area contributed by atoms with E-state index in [0.717, 1.165) is 6.42 Å². The fourth-order valence-electron chi connectivity index (χ4n) is 1.94. The van der Waals surface area contributed by atoms with Crippen LogP contribution in [0.15, 0.2) is 25.3 Å². The van der Waals surface area contributed by atoms with Gasteiger partial charge in [-0.15, -0.1) is 13.2 Å². The molecule has 0 aliphatic heterocycles. The maximum Gasteiger partial charge on any atom is 0.320 e. The molecule has 0 rings (SSSR count). The highest BCUT2D eigenvalue weighted by atomic mass is 16.4. The lowest BCUT2D eigenvalue weighted by atomic mass is 10.1. The predicted octanol–water partition coefficient (Wildman–Crippen LogP) is 0.705. The summed E-state index contributed by atoms with van der Waals surface area (Å²) < 4.78 is 0. The molecule has 2 unspecified atom stereocenters. The molecule has 0 aliphatic carbocycles. The van der Waals surface area contributed by atoms with E-state index >= 15 is 0 Å². The van der Waals surface area contributed by atoms with Gasteiger partial charge in [0.05, 0.1) is 6.17 Å². The molecule has 0 heterocycles. The number of nitrogens with one attached hydrogen (secondary N) is 1. The van der Waals surface area contributed by atoms with Gasteiger partial charge in [-0.3, -0.25) is 19.8 Å². The second kappa shape index (κ2) is 10.2. The fraction of sp³-hybridized carbons (Fsp3) is 0.571. The summed E-state index contributed by atoms with van der Waals surface area (Å²) in [6.07, 6.45) is 4.34. The van der Waals surface area contributed by atoms with Crippen LogP contribution in [0.3, 0.4) is 0 Å². The third-order valence-electron chi connectivity index (χ3n) is 2.93. The Balaban J connectivity index is 4.74. The Kier molecular flexibility index (Phi) is 9.32. The maximum atomic E-state index is 11.2. The van der Waals surface area contributed by atoms with Crippen LogP contribution in [-0.2, 0) is 9.59 Å². The van der Waals surface area contributed by atoms with Gasteiger partial charge in [0.2, 0.25) is 5.91 Å². The smallest absolute Gasteiger partial charge is 0.320 e. The molecule has 0 aliphatic rings. The van der Waals surface area contributed by atoms with Crippen molar-refractivity contribution < 1.29 is 14.7 Å². The van der Waals surface area contributed by atoms with Crippen LogP contribution in [-0.4, -0.2) is 47.2 Å². The molecule has 4 N–H and O–H groups in total. The van der Waals surface area contributed by atoms with Gasteiger partial charge >= 0.3 is 5.97 Å².